The Bertz CT molecular complexity index is 1470. The third-order valence-electron chi connectivity index (χ3n) is 11.8. The molecule has 46 heavy (non-hydrogen) atoms. The fraction of sp³-hybridized carbons (Fsp3) is 0.571. The van der Waals surface area contributed by atoms with E-state index in [4.69, 9.17) is 27.2 Å². The van der Waals surface area contributed by atoms with Crippen LogP contribution in [0.1, 0.15) is 81.3 Å². The minimum Gasteiger partial charge on any atom is -0.507 e. The first-order valence-electron chi connectivity index (χ1n) is 17.0. The normalized spacial score (nSPS) is 30.3. The fourth-order valence-electron chi connectivity index (χ4n) is 9.15. The molecule has 1 spiro atoms. The molecule has 246 valence electrons. The summed E-state index contributed by atoms with van der Waals surface area (Å²) in [7, 11) is 0. The number of hydrogen-bond donors (Lipinski definition) is 5. The average Bonchev–Trinajstić information content (AvgIpc) is 3.31. The summed E-state index contributed by atoms with van der Waals surface area (Å²) < 4.78 is 0. The molecule has 1 aromatic carbocycles. The lowest BCUT2D eigenvalue weighted by Crippen LogP contribution is -2.54. The van der Waals surface area contributed by atoms with E-state index in [2.05, 4.69) is 14.7 Å². The lowest BCUT2D eigenvalue weighted by molar-refractivity contribution is -0.152. The van der Waals surface area contributed by atoms with E-state index in [1.165, 1.54) is 31.2 Å². The van der Waals surface area contributed by atoms with E-state index < -0.39 is 5.97 Å². The zero-order valence-electron chi connectivity index (χ0n) is 26.6. The Balaban J connectivity index is 0.936. The molecule has 4 heterocycles. The van der Waals surface area contributed by atoms with E-state index in [0.29, 0.717) is 34.3 Å². The Morgan fingerprint density at radius 1 is 0.891 bits per heavy atom. The number of para-hydroxylation sites is 1. The molecule has 2 aromatic rings. The monoisotopic (exact) mass is 628 g/mol. The summed E-state index contributed by atoms with van der Waals surface area (Å²) in [6, 6.07) is 8.11. The lowest BCUT2D eigenvalue weighted by Gasteiger charge is -2.52. The summed E-state index contributed by atoms with van der Waals surface area (Å²) in [4.78, 5) is 28.3. The summed E-state index contributed by atoms with van der Waals surface area (Å²) >= 11 is 0. The number of aromatic nitrogens is 2. The summed E-state index contributed by atoms with van der Waals surface area (Å²) in [6.07, 6.45) is 16.8. The van der Waals surface area contributed by atoms with Gasteiger partial charge in [0, 0.05) is 54.9 Å². The quantitative estimate of drug-likeness (QED) is 0.284. The summed E-state index contributed by atoms with van der Waals surface area (Å²) in [5.74, 6) is 0.886. The van der Waals surface area contributed by atoms with Crippen molar-refractivity contribution in [2.24, 2.45) is 28.5 Å². The minimum atomic E-state index is -0.608. The van der Waals surface area contributed by atoms with E-state index in [1.807, 2.05) is 18.5 Å². The number of nitrogens with two attached hydrogens (primary N) is 3. The maximum absolute atomic E-state index is 11.3. The number of rotatable bonds is 7. The maximum atomic E-state index is 11.3. The maximum Gasteiger partial charge on any atom is 0.306 e. The number of allylic oxidation sites excluding steroid dienone is 1. The van der Waals surface area contributed by atoms with Crippen molar-refractivity contribution in [3.05, 3.63) is 65.4 Å². The van der Waals surface area contributed by atoms with Crippen molar-refractivity contribution in [1.82, 2.24) is 19.8 Å². The van der Waals surface area contributed by atoms with Crippen LogP contribution < -0.4 is 22.1 Å². The van der Waals surface area contributed by atoms with Gasteiger partial charge in [-0.25, -0.2) is 9.97 Å². The molecular weight excluding hydrogens is 580 g/mol. The van der Waals surface area contributed by atoms with Crippen LogP contribution in [0.25, 0.3) is 5.70 Å². The van der Waals surface area contributed by atoms with Gasteiger partial charge in [0.05, 0.1) is 11.6 Å². The number of phenolic OH excluding ortho intramolecular Hbond substituents is 1. The molecule has 8 N–H and O–H groups in total. The predicted octanol–water partition coefficient (Wildman–Crippen LogP) is 3.52. The van der Waals surface area contributed by atoms with Crippen LogP contribution in [-0.4, -0.2) is 80.3 Å². The highest BCUT2D eigenvalue weighted by Crippen LogP contribution is 2.55. The number of phenols is 1. The summed E-state index contributed by atoms with van der Waals surface area (Å²) in [6.45, 7) is 3.69. The van der Waals surface area contributed by atoms with Gasteiger partial charge in [-0.1, -0.05) is 12.1 Å². The van der Waals surface area contributed by atoms with Gasteiger partial charge < -0.3 is 42.1 Å². The Morgan fingerprint density at radius 3 is 2.11 bits per heavy atom. The second kappa shape index (κ2) is 12.3. The number of aliphatic carboxylic acids is 1. The number of carboxylic acids is 1. The molecule has 2 bridgehead atoms. The van der Waals surface area contributed by atoms with Crippen LogP contribution in [0.5, 0.6) is 5.75 Å². The third-order valence-corrected chi connectivity index (χ3v) is 11.8. The second-order valence-corrected chi connectivity index (χ2v) is 14.5. The Labute approximate surface area is 271 Å². The molecule has 2 aliphatic carbocycles. The average molecular weight is 629 g/mol. The first-order valence-corrected chi connectivity index (χ1v) is 17.0. The zero-order chi connectivity index (χ0) is 32.0. The highest BCUT2D eigenvalue weighted by atomic mass is 16.4. The van der Waals surface area contributed by atoms with Gasteiger partial charge in [-0.05, 0) is 112 Å². The largest absolute Gasteiger partial charge is 0.507 e. The molecule has 1 aromatic heterocycles. The van der Waals surface area contributed by atoms with E-state index >= 15 is 0 Å². The smallest absolute Gasteiger partial charge is 0.306 e. The number of anilines is 1. The van der Waals surface area contributed by atoms with Gasteiger partial charge in [0.15, 0.2) is 0 Å². The van der Waals surface area contributed by atoms with Crippen molar-refractivity contribution in [3.63, 3.8) is 0 Å². The van der Waals surface area contributed by atoms with Crippen molar-refractivity contribution >= 4 is 17.6 Å². The second-order valence-electron chi connectivity index (χ2n) is 14.5. The first kappa shape index (κ1) is 30.7. The molecule has 3 saturated heterocycles. The Morgan fingerprint density at radius 2 is 1.52 bits per heavy atom. The van der Waals surface area contributed by atoms with Crippen molar-refractivity contribution in [3.8, 4) is 5.75 Å². The Kier molecular flexibility index (Phi) is 8.21. The van der Waals surface area contributed by atoms with Crippen LogP contribution in [0.2, 0.25) is 0 Å². The fourth-order valence-corrected chi connectivity index (χ4v) is 9.15. The number of likely N-dealkylation sites (tertiary alicyclic amines) is 2. The molecule has 11 heteroatoms. The van der Waals surface area contributed by atoms with Gasteiger partial charge in [-0.3, -0.25) is 4.79 Å². The number of carboxylic acid groups (broad SMARTS) is 1. The number of hydrogen-bond acceptors (Lipinski definition) is 10. The zero-order valence-corrected chi connectivity index (χ0v) is 26.6. The van der Waals surface area contributed by atoms with Gasteiger partial charge >= 0.3 is 5.97 Å². The minimum absolute atomic E-state index is 0.106. The van der Waals surface area contributed by atoms with Crippen LogP contribution in [0.4, 0.5) is 5.95 Å². The van der Waals surface area contributed by atoms with Crippen LogP contribution >= 0.6 is 0 Å². The van der Waals surface area contributed by atoms with Gasteiger partial charge in [-0.2, -0.15) is 0 Å². The Hall–Kier alpha value is -3.99. The number of benzene rings is 1. The van der Waals surface area contributed by atoms with Crippen molar-refractivity contribution in [2.45, 2.75) is 88.3 Å². The number of fused-ring (bicyclic) bond motifs is 2. The molecule has 0 amide bonds. The highest BCUT2D eigenvalue weighted by Gasteiger charge is 2.49. The van der Waals surface area contributed by atoms with E-state index in [1.54, 1.807) is 24.3 Å². The molecule has 5 aliphatic rings. The number of aromatic hydroxyl groups is 1. The van der Waals surface area contributed by atoms with Crippen LogP contribution in [-0.2, 0) is 4.79 Å². The van der Waals surface area contributed by atoms with E-state index in [0.717, 1.165) is 70.7 Å². The SMILES string of the molecule is NC(N)=C(/C=C(\N)c1ccccc1O)N1CC2CCC(C1)N2c1ncc(C2CCN(C3CCC4(CC3)CC(C(=O)O)C4)CC2)cn1. The summed E-state index contributed by atoms with van der Waals surface area (Å²) in [5, 5.41) is 19.6. The highest BCUT2D eigenvalue weighted by molar-refractivity contribution is 5.71. The van der Waals surface area contributed by atoms with Crippen LogP contribution in [0.15, 0.2) is 54.3 Å². The van der Waals surface area contributed by atoms with Crippen LogP contribution in [0, 0.1) is 11.3 Å². The third kappa shape index (κ3) is 5.85. The van der Waals surface area contributed by atoms with Crippen LogP contribution in [0.3, 0.4) is 0 Å². The molecule has 2 saturated carbocycles. The van der Waals surface area contributed by atoms with Gasteiger partial charge in [-0.15, -0.1) is 0 Å². The molecule has 5 fully saturated rings. The summed E-state index contributed by atoms with van der Waals surface area (Å²) in [5.41, 5.74) is 21.9. The molecule has 11 nitrogen and oxygen atoms in total. The predicted molar refractivity (Wildman–Crippen MR) is 177 cm³/mol. The molecule has 3 aliphatic heterocycles. The van der Waals surface area contributed by atoms with Gasteiger partial charge in [0.1, 0.15) is 11.6 Å². The topological polar surface area (TPSA) is 171 Å². The van der Waals surface area contributed by atoms with Gasteiger partial charge in [0.25, 0.3) is 0 Å². The number of piperazine rings is 1. The molecule has 2 atom stereocenters. The molecule has 7 rings (SSSR count). The number of nitrogens with zero attached hydrogens (tertiary/aromatic N) is 5. The van der Waals surface area contributed by atoms with E-state index in [-0.39, 0.29) is 29.6 Å². The van der Waals surface area contributed by atoms with E-state index in [9.17, 15) is 15.0 Å². The van der Waals surface area contributed by atoms with Crippen molar-refractivity contribution in [2.75, 3.05) is 31.1 Å². The molecule has 0 radical (unpaired) electrons. The van der Waals surface area contributed by atoms with Gasteiger partial charge in [0.2, 0.25) is 5.95 Å². The molecule has 2 unspecified atom stereocenters. The lowest BCUT2D eigenvalue weighted by atomic mass is 9.55. The standard InChI is InChI=1S/C35H48N8O3/c36-29(28-3-1-2-4-31(28)44)15-30(32(37)38)42-20-26-5-6-27(21-42)43(26)34-39-18-24(19-40-34)22-9-13-41(14-10-22)25-7-11-35(12-8-25)16-23(17-35)33(45)46/h1-4,15,18-19,22-23,25-27,44H,5-14,16-17,20-21,36-38H2,(H,45,46)/b29-15-. The number of carbonyl (C=O) groups is 1. The van der Waals surface area contributed by atoms with Crippen molar-refractivity contribution in [1.29, 1.82) is 0 Å². The first-order chi connectivity index (χ1) is 22.2. The number of piperidine rings is 1. The molecular formula is C35H48N8O3. The van der Waals surface area contributed by atoms with Crippen molar-refractivity contribution < 1.29 is 15.0 Å².